The first kappa shape index (κ1) is 17.7. The molecule has 128 valence electrons. The van der Waals surface area contributed by atoms with E-state index in [0.717, 1.165) is 5.56 Å². The molecule has 0 bridgehead atoms. The Morgan fingerprint density at radius 1 is 1.29 bits per heavy atom. The standard InChI is InChI=1S/C17H20N2O5/c1-2-12(14(20)9-15(18)21)19-13(8-16(19)22)17(23)24-10-11-6-4-3-5-7-11/h3-7,12-13H,2,8-10H2,1H3,(H2,18,21)/t12-,13-/m0/s1. The summed E-state index contributed by atoms with van der Waals surface area (Å²) < 4.78 is 5.23. The molecule has 2 rings (SSSR count). The lowest BCUT2D eigenvalue weighted by atomic mass is 9.94. The smallest absolute Gasteiger partial charge is 0.329 e. The maximum atomic E-state index is 12.2. The van der Waals surface area contributed by atoms with Gasteiger partial charge in [-0.3, -0.25) is 14.4 Å². The van der Waals surface area contributed by atoms with Crippen LogP contribution in [0.4, 0.5) is 0 Å². The summed E-state index contributed by atoms with van der Waals surface area (Å²) in [5.41, 5.74) is 5.87. The largest absolute Gasteiger partial charge is 0.459 e. The van der Waals surface area contributed by atoms with E-state index in [4.69, 9.17) is 10.5 Å². The number of Topliss-reactive ketones (excluding diaryl/α,β-unsaturated/α-hetero) is 1. The van der Waals surface area contributed by atoms with Gasteiger partial charge in [-0.25, -0.2) is 4.79 Å². The predicted molar refractivity (Wildman–Crippen MR) is 84.4 cm³/mol. The van der Waals surface area contributed by atoms with Crippen LogP contribution in [0.25, 0.3) is 0 Å². The van der Waals surface area contributed by atoms with Crippen LogP contribution in [0, 0.1) is 0 Å². The molecule has 7 heteroatoms. The van der Waals surface area contributed by atoms with Gasteiger partial charge in [-0.15, -0.1) is 0 Å². The molecule has 2 amide bonds. The van der Waals surface area contributed by atoms with Gasteiger partial charge in [0.05, 0.1) is 18.9 Å². The van der Waals surface area contributed by atoms with Gasteiger partial charge in [0.1, 0.15) is 12.6 Å². The Balaban J connectivity index is 1.99. The summed E-state index contributed by atoms with van der Waals surface area (Å²) >= 11 is 0. The number of carbonyl (C=O) groups excluding carboxylic acids is 4. The number of nitrogens with two attached hydrogens (primary N) is 1. The molecule has 0 aliphatic carbocycles. The van der Waals surface area contributed by atoms with Crippen molar-refractivity contribution >= 4 is 23.6 Å². The van der Waals surface area contributed by atoms with Gasteiger partial charge in [0, 0.05) is 0 Å². The number of β-lactam (4-membered cyclic amide) rings is 1. The van der Waals surface area contributed by atoms with Crippen molar-refractivity contribution in [3.05, 3.63) is 35.9 Å². The van der Waals surface area contributed by atoms with Crippen LogP contribution in [0.1, 0.15) is 31.7 Å². The number of rotatable bonds is 8. The van der Waals surface area contributed by atoms with Gasteiger partial charge in [0.15, 0.2) is 5.78 Å². The monoisotopic (exact) mass is 332 g/mol. The zero-order valence-corrected chi connectivity index (χ0v) is 13.4. The molecule has 1 saturated heterocycles. The van der Waals surface area contributed by atoms with E-state index in [0.29, 0.717) is 6.42 Å². The maximum absolute atomic E-state index is 12.2. The van der Waals surface area contributed by atoms with E-state index in [1.54, 1.807) is 6.92 Å². The minimum Gasteiger partial charge on any atom is -0.459 e. The van der Waals surface area contributed by atoms with Gasteiger partial charge >= 0.3 is 5.97 Å². The van der Waals surface area contributed by atoms with Crippen LogP contribution < -0.4 is 5.73 Å². The average molecular weight is 332 g/mol. The number of hydrogen-bond donors (Lipinski definition) is 1. The van der Waals surface area contributed by atoms with Crippen molar-refractivity contribution in [1.82, 2.24) is 4.90 Å². The highest BCUT2D eigenvalue weighted by Crippen LogP contribution is 2.26. The van der Waals surface area contributed by atoms with Crippen molar-refractivity contribution in [3.8, 4) is 0 Å². The first-order chi connectivity index (χ1) is 11.4. The normalized spacial score (nSPS) is 17.8. The lowest BCUT2D eigenvalue weighted by Crippen LogP contribution is -2.63. The van der Waals surface area contributed by atoms with Crippen molar-refractivity contribution in [2.75, 3.05) is 0 Å². The molecule has 24 heavy (non-hydrogen) atoms. The summed E-state index contributed by atoms with van der Waals surface area (Å²) in [6, 6.07) is 7.55. The number of benzene rings is 1. The number of esters is 1. The zero-order valence-electron chi connectivity index (χ0n) is 13.4. The average Bonchev–Trinajstić information content (AvgIpc) is 2.55. The highest BCUT2D eigenvalue weighted by atomic mass is 16.5. The van der Waals surface area contributed by atoms with Crippen molar-refractivity contribution in [1.29, 1.82) is 0 Å². The van der Waals surface area contributed by atoms with Crippen LogP contribution in [0.5, 0.6) is 0 Å². The lowest BCUT2D eigenvalue weighted by Gasteiger charge is -2.43. The van der Waals surface area contributed by atoms with Gasteiger partial charge in [0.2, 0.25) is 11.8 Å². The third-order valence-electron chi connectivity index (χ3n) is 3.93. The van der Waals surface area contributed by atoms with Crippen molar-refractivity contribution < 1.29 is 23.9 Å². The fourth-order valence-corrected chi connectivity index (χ4v) is 2.71. The summed E-state index contributed by atoms with van der Waals surface area (Å²) in [7, 11) is 0. The second-order valence-corrected chi connectivity index (χ2v) is 5.65. The van der Waals surface area contributed by atoms with Crippen LogP contribution in [0.2, 0.25) is 0 Å². The molecule has 1 aromatic rings. The Hall–Kier alpha value is -2.70. The molecule has 1 heterocycles. The van der Waals surface area contributed by atoms with Crippen molar-refractivity contribution in [2.24, 2.45) is 5.73 Å². The first-order valence-corrected chi connectivity index (χ1v) is 7.76. The first-order valence-electron chi connectivity index (χ1n) is 7.76. The second-order valence-electron chi connectivity index (χ2n) is 5.65. The fourth-order valence-electron chi connectivity index (χ4n) is 2.71. The van der Waals surface area contributed by atoms with Crippen molar-refractivity contribution in [3.63, 3.8) is 0 Å². The minimum atomic E-state index is -0.826. The fraction of sp³-hybridized carbons (Fsp3) is 0.412. The van der Waals surface area contributed by atoms with Crippen LogP contribution >= 0.6 is 0 Å². The quantitative estimate of drug-likeness (QED) is 0.425. The number of ketones is 1. The van der Waals surface area contributed by atoms with Gasteiger partial charge in [-0.05, 0) is 12.0 Å². The maximum Gasteiger partial charge on any atom is 0.329 e. The molecule has 1 aliphatic heterocycles. The van der Waals surface area contributed by atoms with Crippen LogP contribution in [0.15, 0.2) is 30.3 Å². The number of likely N-dealkylation sites (tertiary alicyclic amines) is 1. The van der Waals surface area contributed by atoms with E-state index in [1.807, 2.05) is 30.3 Å². The highest BCUT2D eigenvalue weighted by Gasteiger charge is 2.47. The number of hydrogen-bond acceptors (Lipinski definition) is 5. The Labute approximate surface area is 139 Å². The molecular weight excluding hydrogens is 312 g/mol. The lowest BCUT2D eigenvalue weighted by molar-refractivity contribution is -0.171. The molecule has 0 saturated carbocycles. The molecule has 0 aromatic heterocycles. The van der Waals surface area contributed by atoms with Crippen LogP contribution in [-0.4, -0.2) is 40.6 Å². The van der Waals surface area contributed by atoms with Gasteiger partial charge in [-0.2, -0.15) is 0 Å². The van der Waals surface area contributed by atoms with Crippen LogP contribution in [-0.2, 0) is 30.5 Å². The summed E-state index contributed by atoms with van der Waals surface area (Å²) in [5, 5.41) is 0. The van der Waals surface area contributed by atoms with E-state index < -0.39 is 36.2 Å². The SMILES string of the molecule is CC[C@@H](C(=O)CC(N)=O)N1C(=O)C[C@H]1C(=O)OCc1ccccc1. The number of amides is 2. The van der Waals surface area contributed by atoms with Gasteiger partial charge < -0.3 is 15.4 Å². The molecule has 0 radical (unpaired) electrons. The van der Waals surface area contributed by atoms with Gasteiger partial charge in [-0.1, -0.05) is 37.3 Å². The second kappa shape index (κ2) is 7.72. The molecule has 1 aromatic carbocycles. The number of nitrogens with zero attached hydrogens (tertiary/aromatic N) is 1. The van der Waals surface area contributed by atoms with Crippen LogP contribution in [0.3, 0.4) is 0 Å². The third kappa shape index (κ3) is 3.98. The Morgan fingerprint density at radius 2 is 1.96 bits per heavy atom. The molecule has 7 nitrogen and oxygen atoms in total. The molecule has 2 N–H and O–H groups in total. The topological polar surface area (TPSA) is 107 Å². The van der Waals surface area contributed by atoms with E-state index in [9.17, 15) is 19.2 Å². The highest BCUT2D eigenvalue weighted by molar-refractivity contribution is 6.04. The molecule has 2 atom stereocenters. The molecule has 1 fully saturated rings. The summed E-state index contributed by atoms with van der Waals surface area (Å²) in [5.74, 6) is -2.07. The van der Waals surface area contributed by atoms with E-state index in [-0.39, 0.29) is 18.9 Å². The molecule has 0 spiro atoms. The Bertz CT molecular complexity index is 644. The van der Waals surface area contributed by atoms with E-state index in [2.05, 4.69) is 0 Å². The number of carbonyl (C=O) groups is 4. The minimum absolute atomic E-state index is 0.00791. The number of ether oxygens (including phenoxy) is 1. The molecular formula is C17H20N2O5. The molecule has 0 unspecified atom stereocenters. The number of primary amides is 1. The predicted octanol–water partition coefficient (Wildman–Crippen LogP) is 0.554. The Kier molecular flexibility index (Phi) is 5.68. The third-order valence-corrected chi connectivity index (χ3v) is 3.93. The van der Waals surface area contributed by atoms with Gasteiger partial charge in [0.25, 0.3) is 0 Å². The molecule has 1 aliphatic rings. The van der Waals surface area contributed by atoms with Crippen molar-refractivity contribution in [2.45, 2.75) is 44.9 Å². The summed E-state index contributed by atoms with van der Waals surface area (Å²) in [6.07, 6.45) is -0.137. The summed E-state index contributed by atoms with van der Waals surface area (Å²) in [6.45, 7) is 1.81. The summed E-state index contributed by atoms with van der Waals surface area (Å²) in [4.78, 5) is 48.3. The van der Waals surface area contributed by atoms with E-state index >= 15 is 0 Å². The van der Waals surface area contributed by atoms with E-state index in [1.165, 1.54) is 4.90 Å². The Morgan fingerprint density at radius 3 is 2.50 bits per heavy atom. The zero-order chi connectivity index (χ0) is 17.7.